The lowest BCUT2D eigenvalue weighted by atomic mass is 10.1. The predicted molar refractivity (Wildman–Crippen MR) is 86.2 cm³/mol. The molecule has 0 amide bonds. The van der Waals surface area contributed by atoms with Crippen LogP contribution in [0.3, 0.4) is 0 Å². The van der Waals surface area contributed by atoms with E-state index in [1.807, 2.05) is 12.1 Å². The van der Waals surface area contributed by atoms with E-state index in [1.165, 1.54) is 11.1 Å². The number of alkyl halides is 1. The molecule has 112 valence electrons. The number of fused-ring (bicyclic) bond motifs is 1. The Hall–Kier alpha value is -0.440. The summed E-state index contributed by atoms with van der Waals surface area (Å²) < 4.78 is 5.79. The second-order valence-corrected chi connectivity index (χ2v) is 6.10. The van der Waals surface area contributed by atoms with Gasteiger partial charge in [-0.2, -0.15) is 0 Å². The Morgan fingerprint density at radius 2 is 2.05 bits per heavy atom. The van der Waals surface area contributed by atoms with Gasteiger partial charge in [-0.3, -0.25) is 4.90 Å². The van der Waals surface area contributed by atoms with Gasteiger partial charge < -0.3 is 4.74 Å². The van der Waals surface area contributed by atoms with Gasteiger partial charge in [-0.1, -0.05) is 25.4 Å². The fraction of sp³-hybridized carbons (Fsp3) is 0.625. The molecule has 1 aliphatic heterocycles. The number of halogens is 2. The summed E-state index contributed by atoms with van der Waals surface area (Å²) in [5, 5.41) is 0.805. The molecule has 20 heavy (non-hydrogen) atoms. The Balaban J connectivity index is 2.22. The van der Waals surface area contributed by atoms with E-state index in [2.05, 4.69) is 18.7 Å². The summed E-state index contributed by atoms with van der Waals surface area (Å²) in [6, 6.07) is 4.62. The van der Waals surface area contributed by atoms with Crippen molar-refractivity contribution >= 4 is 23.2 Å². The highest BCUT2D eigenvalue weighted by Crippen LogP contribution is 2.34. The Morgan fingerprint density at radius 1 is 1.30 bits per heavy atom. The minimum atomic E-state index is 0.560. The number of hydrogen-bond donors (Lipinski definition) is 0. The van der Waals surface area contributed by atoms with Gasteiger partial charge in [-0.25, -0.2) is 0 Å². The molecule has 0 fully saturated rings. The third-order valence-electron chi connectivity index (χ3n) is 4.03. The largest absolute Gasteiger partial charge is 0.493 e. The fourth-order valence-corrected chi connectivity index (χ4v) is 3.47. The maximum absolute atomic E-state index is 6.24. The molecule has 0 radical (unpaired) electrons. The van der Waals surface area contributed by atoms with Crippen LogP contribution in [0.4, 0.5) is 0 Å². The first kappa shape index (κ1) is 15.9. The lowest BCUT2D eigenvalue weighted by Crippen LogP contribution is -2.35. The monoisotopic (exact) mass is 315 g/mol. The van der Waals surface area contributed by atoms with Crippen molar-refractivity contribution in [3.63, 3.8) is 0 Å². The topological polar surface area (TPSA) is 12.5 Å². The number of benzene rings is 1. The second-order valence-electron chi connectivity index (χ2n) is 5.28. The fourth-order valence-electron chi connectivity index (χ4n) is 2.99. The highest BCUT2D eigenvalue weighted by Gasteiger charge is 2.21. The first-order valence-corrected chi connectivity index (χ1v) is 8.34. The van der Waals surface area contributed by atoms with Gasteiger partial charge in [0.1, 0.15) is 5.75 Å². The van der Waals surface area contributed by atoms with Crippen molar-refractivity contribution in [3.05, 3.63) is 28.3 Å². The molecular weight excluding hydrogens is 293 g/mol. The van der Waals surface area contributed by atoms with Crippen molar-refractivity contribution in [2.45, 2.75) is 45.7 Å². The van der Waals surface area contributed by atoms with E-state index in [1.54, 1.807) is 0 Å². The lowest BCUT2D eigenvalue weighted by molar-refractivity contribution is 0.185. The number of rotatable bonds is 7. The van der Waals surface area contributed by atoms with E-state index in [-0.39, 0.29) is 0 Å². The Labute approximate surface area is 132 Å². The van der Waals surface area contributed by atoms with Crippen LogP contribution in [0.5, 0.6) is 5.75 Å². The standard InChI is InChI=1S/C16H23Cl2NO/c1-3-15(4-2)19(7-6-17)11-13-10-14(18)9-12-5-8-20-16(12)13/h9-10,15H,3-8,11H2,1-2H3. The van der Waals surface area contributed by atoms with Crippen LogP contribution in [-0.4, -0.2) is 30.0 Å². The molecular formula is C16H23Cl2NO. The molecule has 0 saturated carbocycles. The number of hydrogen-bond acceptors (Lipinski definition) is 2. The highest BCUT2D eigenvalue weighted by atomic mass is 35.5. The minimum Gasteiger partial charge on any atom is -0.493 e. The normalized spacial score (nSPS) is 13.9. The van der Waals surface area contributed by atoms with Crippen molar-refractivity contribution in [3.8, 4) is 5.75 Å². The first-order chi connectivity index (χ1) is 9.69. The van der Waals surface area contributed by atoms with E-state index in [0.29, 0.717) is 11.9 Å². The van der Waals surface area contributed by atoms with Crippen molar-refractivity contribution in [2.24, 2.45) is 0 Å². The SMILES string of the molecule is CCC(CC)N(CCCl)Cc1cc(Cl)cc2c1OCC2. The molecule has 1 heterocycles. The first-order valence-electron chi connectivity index (χ1n) is 7.43. The van der Waals surface area contributed by atoms with Crippen molar-refractivity contribution < 1.29 is 4.74 Å². The van der Waals surface area contributed by atoms with E-state index in [0.717, 1.165) is 49.7 Å². The molecule has 0 saturated heterocycles. The van der Waals surface area contributed by atoms with Gasteiger partial charge in [-0.05, 0) is 30.5 Å². The molecule has 0 aliphatic carbocycles. The molecule has 1 aliphatic rings. The van der Waals surface area contributed by atoms with Crippen LogP contribution in [0, 0.1) is 0 Å². The maximum atomic E-state index is 6.24. The third kappa shape index (κ3) is 3.60. The summed E-state index contributed by atoms with van der Waals surface area (Å²) in [6.45, 7) is 6.99. The van der Waals surface area contributed by atoms with Gasteiger partial charge in [0.15, 0.2) is 0 Å². The summed E-state index contributed by atoms with van der Waals surface area (Å²) in [7, 11) is 0. The average molecular weight is 316 g/mol. The van der Waals surface area contributed by atoms with Crippen molar-refractivity contribution in [1.29, 1.82) is 0 Å². The summed E-state index contributed by atoms with van der Waals surface area (Å²) in [4.78, 5) is 2.45. The molecule has 2 nitrogen and oxygen atoms in total. The maximum Gasteiger partial charge on any atom is 0.127 e. The molecule has 0 bridgehead atoms. The molecule has 1 aromatic rings. The Kier molecular flexibility index (Phi) is 6.01. The van der Waals surface area contributed by atoms with Crippen LogP contribution < -0.4 is 4.74 Å². The van der Waals surface area contributed by atoms with Gasteiger partial charge in [0.2, 0.25) is 0 Å². The third-order valence-corrected chi connectivity index (χ3v) is 4.42. The number of nitrogens with zero attached hydrogens (tertiary/aromatic N) is 1. The van der Waals surface area contributed by atoms with Gasteiger partial charge in [0.05, 0.1) is 6.61 Å². The zero-order valence-electron chi connectivity index (χ0n) is 12.3. The van der Waals surface area contributed by atoms with Crippen LogP contribution in [0.1, 0.15) is 37.8 Å². The summed E-state index contributed by atoms with van der Waals surface area (Å²) in [6.07, 6.45) is 3.23. The lowest BCUT2D eigenvalue weighted by Gasteiger charge is -2.30. The minimum absolute atomic E-state index is 0.560. The molecule has 0 spiro atoms. The molecule has 4 heteroatoms. The van der Waals surface area contributed by atoms with E-state index >= 15 is 0 Å². The van der Waals surface area contributed by atoms with Gasteiger partial charge >= 0.3 is 0 Å². The number of ether oxygens (including phenoxy) is 1. The molecule has 1 aromatic carbocycles. The van der Waals surface area contributed by atoms with E-state index < -0.39 is 0 Å². The van der Waals surface area contributed by atoms with Crippen LogP contribution in [0.15, 0.2) is 12.1 Å². The van der Waals surface area contributed by atoms with E-state index in [9.17, 15) is 0 Å². The van der Waals surface area contributed by atoms with Crippen LogP contribution in [0.2, 0.25) is 5.02 Å². The summed E-state index contributed by atoms with van der Waals surface area (Å²) in [5.41, 5.74) is 2.44. The van der Waals surface area contributed by atoms with E-state index in [4.69, 9.17) is 27.9 Å². The average Bonchev–Trinajstić information content (AvgIpc) is 2.88. The quantitative estimate of drug-likeness (QED) is 0.687. The van der Waals surface area contributed by atoms with Crippen LogP contribution in [0.25, 0.3) is 0 Å². The predicted octanol–water partition coefficient (Wildman–Crippen LogP) is 4.50. The zero-order valence-corrected chi connectivity index (χ0v) is 13.8. The van der Waals surface area contributed by atoms with Crippen molar-refractivity contribution in [1.82, 2.24) is 4.90 Å². The summed E-state index contributed by atoms with van der Waals surface area (Å²) in [5.74, 6) is 1.69. The smallest absolute Gasteiger partial charge is 0.127 e. The Morgan fingerprint density at radius 3 is 2.70 bits per heavy atom. The molecule has 0 unspecified atom stereocenters. The van der Waals surface area contributed by atoms with Crippen molar-refractivity contribution in [2.75, 3.05) is 19.0 Å². The Bertz CT molecular complexity index is 446. The molecule has 2 rings (SSSR count). The molecule has 0 N–H and O–H groups in total. The van der Waals surface area contributed by atoms with Crippen LogP contribution >= 0.6 is 23.2 Å². The van der Waals surface area contributed by atoms with Crippen LogP contribution in [-0.2, 0) is 13.0 Å². The summed E-state index contributed by atoms with van der Waals surface area (Å²) >= 11 is 12.2. The molecule has 0 atom stereocenters. The molecule has 0 aromatic heterocycles. The van der Waals surface area contributed by atoms with Gasteiger partial charge in [0.25, 0.3) is 0 Å². The van der Waals surface area contributed by atoms with Gasteiger partial charge in [0, 0.05) is 42.0 Å². The van der Waals surface area contributed by atoms with Gasteiger partial charge in [-0.15, -0.1) is 11.6 Å². The highest BCUT2D eigenvalue weighted by molar-refractivity contribution is 6.30. The second kappa shape index (κ2) is 7.53. The zero-order chi connectivity index (χ0) is 14.5.